The summed E-state index contributed by atoms with van der Waals surface area (Å²) in [6.07, 6.45) is 0.980. The van der Waals surface area contributed by atoms with E-state index in [0.717, 1.165) is 16.5 Å². The molecule has 3 aromatic heterocycles. The number of hydrogen-bond acceptors (Lipinski definition) is 6. The summed E-state index contributed by atoms with van der Waals surface area (Å²) in [5.74, 6) is -0.354. The van der Waals surface area contributed by atoms with Gasteiger partial charge in [-0.15, -0.1) is 10.2 Å². The van der Waals surface area contributed by atoms with Crippen molar-refractivity contribution >= 4 is 22.7 Å². The molecule has 5 rings (SSSR count). The Kier molecular flexibility index (Phi) is 5.24. The molecule has 168 valence electrons. The number of fused-ring (bicyclic) bond motifs is 1. The molecule has 0 bridgehead atoms. The summed E-state index contributed by atoms with van der Waals surface area (Å²) in [6, 6.07) is 13.8. The molecule has 33 heavy (non-hydrogen) atoms. The number of pyridine rings is 1. The van der Waals surface area contributed by atoms with E-state index in [9.17, 15) is 13.6 Å². The number of aromatic amines is 1. The van der Waals surface area contributed by atoms with Crippen LogP contribution < -0.4 is 5.32 Å². The number of halogens is 2. The SMILES string of the molecule is COC(=O)c1cc2cc(-c3ccc(NC[C@]4(c5ncccc5F)C[C@H](F)C4)nn3)ccc2[nH]1. The Balaban J connectivity index is 1.32. The standard InChI is InChI=1S/C24H21F2N5O2/c1-33-23(32)20-10-15-9-14(4-5-18(15)29-20)19-6-7-21(31-30-19)28-13-24(11-16(25)12-24)22-17(26)3-2-8-27-22/h2-10,16,29H,11-13H2,1H3,(H,28,31)/t16-,24-. The third kappa shape index (κ3) is 3.90. The van der Waals surface area contributed by atoms with Crippen molar-refractivity contribution in [3.63, 3.8) is 0 Å². The number of carbonyl (C=O) groups excluding carboxylic acids is 1. The second kappa shape index (κ2) is 8.23. The van der Waals surface area contributed by atoms with Crippen molar-refractivity contribution < 1.29 is 18.3 Å². The molecular weight excluding hydrogens is 428 g/mol. The molecule has 1 aromatic carbocycles. The van der Waals surface area contributed by atoms with Crippen molar-refractivity contribution in [2.24, 2.45) is 0 Å². The van der Waals surface area contributed by atoms with Gasteiger partial charge in [-0.05, 0) is 55.3 Å². The smallest absolute Gasteiger partial charge is 0.354 e. The number of H-pyrrole nitrogens is 1. The first-order chi connectivity index (χ1) is 16.0. The zero-order valence-electron chi connectivity index (χ0n) is 17.8. The summed E-state index contributed by atoms with van der Waals surface area (Å²) >= 11 is 0. The van der Waals surface area contributed by atoms with Gasteiger partial charge in [0.1, 0.15) is 23.5 Å². The minimum atomic E-state index is -0.968. The van der Waals surface area contributed by atoms with E-state index in [2.05, 4.69) is 25.5 Å². The highest BCUT2D eigenvalue weighted by atomic mass is 19.1. The second-order valence-electron chi connectivity index (χ2n) is 8.25. The maximum atomic E-state index is 14.3. The van der Waals surface area contributed by atoms with Gasteiger partial charge in [-0.2, -0.15) is 0 Å². The highest BCUT2D eigenvalue weighted by molar-refractivity contribution is 5.95. The Morgan fingerprint density at radius 1 is 1.21 bits per heavy atom. The van der Waals surface area contributed by atoms with Crippen LogP contribution in [0.15, 0.2) is 54.7 Å². The molecule has 7 nitrogen and oxygen atoms in total. The predicted molar refractivity (Wildman–Crippen MR) is 119 cm³/mol. The van der Waals surface area contributed by atoms with E-state index in [1.165, 1.54) is 25.4 Å². The van der Waals surface area contributed by atoms with Crippen LogP contribution in [0, 0.1) is 5.82 Å². The molecule has 0 amide bonds. The average molecular weight is 449 g/mol. The first-order valence-electron chi connectivity index (χ1n) is 10.5. The molecule has 1 fully saturated rings. The van der Waals surface area contributed by atoms with E-state index in [1.807, 2.05) is 24.3 Å². The van der Waals surface area contributed by atoms with Gasteiger partial charge < -0.3 is 15.0 Å². The summed E-state index contributed by atoms with van der Waals surface area (Å²) < 4.78 is 32.8. The predicted octanol–water partition coefficient (Wildman–Crippen LogP) is 4.43. The number of esters is 1. The van der Waals surface area contributed by atoms with Gasteiger partial charge in [0, 0.05) is 34.6 Å². The number of rotatable bonds is 6. The fraction of sp³-hybridized carbons (Fsp3) is 0.250. The summed E-state index contributed by atoms with van der Waals surface area (Å²) in [5.41, 5.74) is 2.25. The Labute approximate surface area is 188 Å². The Hall–Kier alpha value is -3.88. The molecular formula is C24H21F2N5O2. The fourth-order valence-corrected chi connectivity index (χ4v) is 4.34. The number of ether oxygens (including phenoxy) is 1. The van der Waals surface area contributed by atoms with Crippen molar-refractivity contribution in [2.75, 3.05) is 19.0 Å². The monoisotopic (exact) mass is 449 g/mol. The number of methoxy groups -OCH3 is 1. The topological polar surface area (TPSA) is 92.8 Å². The van der Waals surface area contributed by atoms with Crippen molar-refractivity contribution in [3.05, 3.63) is 71.9 Å². The highest BCUT2D eigenvalue weighted by Gasteiger charge is 2.48. The van der Waals surface area contributed by atoms with Crippen LogP contribution in [0.4, 0.5) is 14.6 Å². The first kappa shape index (κ1) is 21.0. The molecule has 1 aliphatic rings. The summed E-state index contributed by atoms with van der Waals surface area (Å²) in [5, 5.41) is 12.5. The number of carbonyl (C=O) groups is 1. The van der Waals surface area contributed by atoms with E-state index in [0.29, 0.717) is 23.8 Å². The Bertz CT molecular complexity index is 1320. The molecule has 2 N–H and O–H groups in total. The zero-order valence-corrected chi connectivity index (χ0v) is 17.8. The highest BCUT2D eigenvalue weighted by Crippen LogP contribution is 2.45. The molecule has 1 aliphatic carbocycles. The van der Waals surface area contributed by atoms with Crippen LogP contribution in [-0.2, 0) is 10.2 Å². The van der Waals surface area contributed by atoms with Crippen molar-refractivity contribution in [1.82, 2.24) is 20.2 Å². The summed E-state index contributed by atoms with van der Waals surface area (Å²) in [4.78, 5) is 18.9. The van der Waals surface area contributed by atoms with Crippen LogP contribution in [0.5, 0.6) is 0 Å². The molecule has 0 aliphatic heterocycles. The Morgan fingerprint density at radius 3 is 2.76 bits per heavy atom. The van der Waals surface area contributed by atoms with Gasteiger partial charge in [-0.3, -0.25) is 4.98 Å². The number of aromatic nitrogens is 4. The zero-order chi connectivity index (χ0) is 23.0. The van der Waals surface area contributed by atoms with Crippen LogP contribution in [-0.4, -0.2) is 46.0 Å². The lowest BCUT2D eigenvalue weighted by Crippen LogP contribution is -2.49. The van der Waals surface area contributed by atoms with E-state index in [4.69, 9.17) is 4.74 Å². The molecule has 0 unspecified atom stereocenters. The summed E-state index contributed by atoms with van der Waals surface area (Å²) in [6.45, 7) is 0.307. The van der Waals surface area contributed by atoms with Gasteiger partial charge in [0.15, 0.2) is 0 Å². The molecule has 0 atom stereocenters. The quantitative estimate of drug-likeness (QED) is 0.423. The maximum Gasteiger partial charge on any atom is 0.354 e. The van der Waals surface area contributed by atoms with Crippen molar-refractivity contribution in [2.45, 2.75) is 24.4 Å². The van der Waals surface area contributed by atoms with Crippen LogP contribution in [0.25, 0.3) is 22.2 Å². The van der Waals surface area contributed by atoms with Gasteiger partial charge in [-0.1, -0.05) is 6.07 Å². The molecule has 3 heterocycles. The summed E-state index contributed by atoms with van der Waals surface area (Å²) in [7, 11) is 1.33. The van der Waals surface area contributed by atoms with Crippen molar-refractivity contribution in [1.29, 1.82) is 0 Å². The molecule has 9 heteroatoms. The van der Waals surface area contributed by atoms with Crippen LogP contribution in [0.2, 0.25) is 0 Å². The number of hydrogen-bond donors (Lipinski definition) is 2. The van der Waals surface area contributed by atoms with Gasteiger partial charge in [0.2, 0.25) is 0 Å². The maximum absolute atomic E-state index is 14.3. The number of nitrogens with zero attached hydrogens (tertiary/aromatic N) is 3. The van der Waals surface area contributed by atoms with Gasteiger partial charge in [0.05, 0.1) is 18.5 Å². The third-order valence-electron chi connectivity index (χ3n) is 6.08. The van der Waals surface area contributed by atoms with E-state index in [1.54, 1.807) is 12.1 Å². The van der Waals surface area contributed by atoms with Gasteiger partial charge in [0.25, 0.3) is 0 Å². The molecule has 0 saturated heterocycles. The third-order valence-corrected chi connectivity index (χ3v) is 6.08. The lowest BCUT2D eigenvalue weighted by atomic mass is 9.65. The molecule has 0 radical (unpaired) electrons. The lowest BCUT2D eigenvalue weighted by Gasteiger charge is -2.44. The number of alkyl halides is 1. The Morgan fingerprint density at radius 2 is 2.06 bits per heavy atom. The van der Waals surface area contributed by atoms with Crippen LogP contribution in [0.1, 0.15) is 29.0 Å². The number of benzene rings is 1. The lowest BCUT2D eigenvalue weighted by molar-refractivity contribution is 0.0595. The van der Waals surface area contributed by atoms with Crippen LogP contribution >= 0.6 is 0 Å². The number of nitrogens with one attached hydrogen (secondary N) is 2. The van der Waals surface area contributed by atoms with Gasteiger partial charge >= 0.3 is 5.97 Å². The van der Waals surface area contributed by atoms with E-state index < -0.39 is 23.4 Å². The van der Waals surface area contributed by atoms with E-state index >= 15 is 0 Å². The fourth-order valence-electron chi connectivity index (χ4n) is 4.34. The van der Waals surface area contributed by atoms with E-state index in [-0.39, 0.29) is 18.5 Å². The van der Waals surface area contributed by atoms with Crippen LogP contribution in [0.3, 0.4) is 0 Å². The minimum absolute atomic E-state index is 0.212. The molecule has 1 saturated carbocycles. The first-order valence-corrected chi connectivity index (χ1v) is 10.5. The molecule has 4 aromatic rings. The minimum Gasteiger partial charge on any atom is -0.464 e. The number of anilines is 1. The van der Waals surface area contributed by atoms with Gasteiger partial charge in [-0.25, -0.2) is 13.6 Å². The normalized spacial score (nSPS) is 19.8. The van der Waals surface area contributed by atoms with Crippen molar-refractivity contribution in [3.8, 4) is 11.3 Å². The second-order valence-corrected chi connectivity index (χ2v) is 8.25. The average Bonchev–Trinajstić information content (AvgIpc) is 3.25. The molecule has 0 spiro atoms. The largest absolute Gasteiger partial charge is 0.464 e.